The second-order valence-electron chi connectivity index (χ2n) is 6.49. The molecule has 0 radical (unpaired) electrons. The quantitative estimate of drug-likeness (QED) is 0.819. The fraction of sp³-hybridized carbons (Fsp3) is 0.588. The fourth-order valence-corrected chi connectivity index (χ4v) is 1.96. The van der Waals surface area contributed by atoms with Crippen LogP contribution < -0.4 is 10.1 Å². The van der Waals surface area contributed by atoms with Gasteiger partial charge in [0.1, 0.15) is 18.4 Å². The average Bonchev–Trinajstić information content (AvgIpc) is 2.41. The summed E-state index contributed by atoms with van der Waals surface area (Å²) in [7, 11) is 1.39. The van der Waals surface area contributed by atoms with Crippen LogP contribution in [-0.2, 0) is 14.9 Å². The molecule has 1 aromatic carbocycles. The monoisotopic (exact) mass is 293 g/mol. The first-order valence-electron chi connectivity index (χ1n) is 7.31. The van der Waals surface area contributed by atoms with Crippen molar-refractivity contribution < 1.29 is 14.3 Å². The van der Waals surface area contributed by atoms with Crippen LogP contribution in [0.15, 0.2) is 24.3 Å². The molecule has 0 aliphatic carbocycles. The van der Waals surface area contributed by atoms with Gasteiger partial charge in [-0.25, -0.2) is 0 Å². The molecule has 21 heavy (non-hydrogen) atoms. The van der Waals surface area contributed by atoms with E-state index >= 15 is 0 Å². The van der Waals surface area contributed by atoms with Gasteiger partial charge in [0.2, 0.25) is 0 Å². The largest absolute Gasteiger partial charge is 0.491 e. The molecule has 1 unspecified atom stereocenters. The number of esters is 1. The summed E-state index contributed by atoms with van der Waals surface area (Å²) >= 11 is 0. The number of hydrogen-bond donors (Lipinski definition) is 1. The Balaban J connectivity index is 2.74. The highest BCUT2D eigenvalue weighted by molar-refractivity contribution is 5.75. The van der Waals surface area contributed by atoms with Crippen molar-refractivity contribution in [3.63, 3.8) is 0 Å². The van der Waals surface area contributed by atoms with Crippen LogP contribution in [0.4, 0.5) is 0 Å². The molecule has 1 aromatic rings. The van der Waals surface area contributed by atoms with E-state index in [-0.39, 0.29) is 24.0 Å². The number of ether oxygens (including phenoxy) is 2. The Kier molecular flexibility index (Phi) is 6.21. The summed E-state index contributed by atoms with van der Waals surface area (Å²) in [5.41, 5.74) is 1.27. The third-order valence-corrected chi connectivity index (χ3v) is 3.14. The first kappa shape index (κ1) is 17.5. The topological polar surface area (TPSA) is 47.6 Å². The summed E-state index contributed by atoms with van der Waals surface area (Å²) in [6.45, 7) is 10.7. The predicted molar refractivity (Wildman–Crippen MR) is 84.7 cm³/mol. The van der Waals surface area contributed by atoms with Gasteiger partial charge in [0.05, 0.1) is 7.11 Å². The van der Waals surface area contributed by atoms with Crippen molar-refractivity contribution in [2.45, 2.75) is 52.1 Å². The summed E-state index contributed by atoms with van der Waals surface area (Å²) in [6, 6.07) is 7.69. The maximum absolute atomic E-state index is 11.7. The van der Waals surface area contributed by atoms with Crippen LogP contribution in [0.5, 0.6) is 5.75 Å². The smallest absolute Gasteiger partial charge is 0.326 e. The third kappa shape index (κ3) is 5.76. The van der Waals surface area contributed by atoms with Crippen LogP contribution in [0.1, 0.15) is 40.2 Å². The molecule has 1 rings (SSSR count). The SMILES string of the molecule is COC(=O)C(COc1cccc(C(C)(C)C)c1)NC(C)C. The number of benzene rings is 1. The molecule has 118 valence electrons. The van der Waals surface area contributed by atoms with Gasteiger partial charge in [0.15, 0.2) is 0 Å². The van der Waals surface area contributed by atoms with Gasteiger partial charge in [0, 0.05) is 6.04 Å². The second-order valence-corrected chi connectivity index (χ2v) is 6.49. The Morgan fingerprint density at radius 3 is 2.48 bits per heavy atom. The summed E-state index contributed by atoms with van der Waals surface area (Å²) < 4.78 is 10.6. The molecule has 0 heterocycles. The van der Waals surface area contributed by atoms with E-state index in [4.69, 9.17) is 9.47 Å². The first-order chi connectivity index (χ1) is 9.74. The Labute approximate surface area is 127 Å². The Morgan fingerprint density at radius 2 is 1.95 bits per heavy atom. The van der Waals surface area contributed by atoms with Crippen molar-refractivity contribution in [2.24, 2.45) is 0 Å². The lowest BCUT2D eigenvalue weighted by Crippen LogP contribution is -2.45. The summed E-state index contributed by atoms with van der Waals surface area (Å²) in [5.74, 6) is 0.456. The number of nitrogens with one attached hydrogen (secondary N) is 1. The van der Waals surface area contributed by atoms with E-state index in [9.17, 15) is 4.79 Å². The minimum Gasteiger partial charge on any atom is -0.491 e. The van der Waals surface area contributed by atoms with E-state index in [2.05, 4.69) is 32.2 Å². The number of methoxy groups -OCH3 is 1. The molecule has 0 fully saturated rings. The van der Waals surface area contributed by atoms with Crippen molar-refractivity contribution in [3.8, 4) is 5.75 Å². The summed E-state index contributed by atoms with van der Waals surface area (Å²) in [5, 5.41) is 3.15. The van der Waals surface area contributed by atoms with Gasteiger partial charge in [-0.05, 0) is 23.1 Å². The molecule has 0 bridgehead atoms. The summed E-state index contributed by atoms with van der Waals surface area (Å²) in [4.78, 5) is 11.7. The highest BCUT2D eigenvalue weighted by atomic mass is 16.5. The lowest BCUT2D eigenvalue weighted by molar-refractivity contribution is -0.144. The maximum atomic E-state index is 11.7. The highest BCUT2D eigenvalue weighted by Crippen LogP contribution is 2.25. The van der Waals surface area contributed by atoms with Crippen molar-refractivity contribution in [2.75, 3.05) is 13.7 Å². The highest BCUT2D eigenvalue weighted by Gasteiger charge is 2.21. The van der Waals surface area contributed by atoms with Crippen molar-refractivity contribution in [1.29, 1.82) is 0 Å². The maximum Gasteiger partial charge on any atom is 0.326 e. The van der Waals surface area contributed by atoms with Crippen LogP contribution in [-0.4, -0.2) is 31.8 Å². The number of carbonyl (C=O) groups is 1. The van der Waals surface area contributed by atoms with Gasteiger partial charge in [-0.3, -0.25) is 10.1 Å². The van der Waals surface area contributed by atoms with Gasteiger partial charge in [0.25, 0.3) is 0 Å². The average molecular weight is 293 g/mol. The van der Waals surface area contributed by atoms with E-state index in [1.54, 1.807) is 0 Å². The van der Waals surface area contributed by atoms with Crippen LogP contribution in [0.2, 0.25) is 0 Å². The molecule has 0 aliphatic rings. The van der Waals surface area contributed by atoms with E-state index in [1.165, 1.54) is 12.7 Å². The molecule has 0 saturated carbocycles. The first-order valence-corrected chi connectivity index (χ1v) is 7.31. The molecule has 0 aliphatic heterocycles. The molecule has 0 saturated heterocycles. The van der Waals surface area contributed by atoms with Gasteiger partial charge < -0.3 is 9.47 Å². The van der Waals surface area contributed by atoms with Gasteiger partial charge in [-0.1, -0.05) is 46.8 Å². The second kappa shape index (κ2) is 7.46. The molecule has 0 spiro atoms. The van der Waals surface area contributed by atoms with Crippen molar-refractivity contribution >= 4 is 5.97 Å². The Morgan fingerprint density at radius 1 is 1.29 bits per heavy atom. The molecular weight excluding hydrogens is 266 g/mol. The van der Waals surface area contributed by atoms with Crippen LogP contribution in [0.25, 0.3) is 0 Å². The zero-order valence-electron chi connectivity index (χ0n) is 13.9. The molecular formula is C17H27NO3. The van der Waals surface area contributed by atoms with Crippen LogP contribution >= 0.6 is 0 Å². The van der Waals surface area contributed by atoms with E-state index in [0.29, 0.717) is 0 Å². The fourth-order valence-electron chi connectivity index (χ4n) is 1.96. The van der Waals surface area contributed by atoms with Gasteiger partial charge >= 0.3 is 5.97 Å². The molecule has 4 heteroatoms. The Bertz CT molecular complexity index is 463. The molecule has 0 amide bonds. The van der Waals surface area contributed by atoms with Gasteiger partial charge in [-0.2, -0.15) is 0 Å². The van der Waals surface area contributed by atoms with Crippen LogP contribution in [0.3, 0.4) is 0 Å². The molecule has 1 atom stereocenters. The van der Waals surface area contributed by atoms with Crippen molar-refractivity contribution in [1.82, 2.24) is 5.32 Å². The molecule has 1 N–H and O–H groups in total. The number of carbonyl (C=O) groups excluding carboxylic acids is 1. The zero-order valence-corrected chi connectivity index (χ0v) is 13.9. The molecule has 4 nitrogen and oxygen atoms in total. The molecule has 0 aromatic heterocycles. The lowest BCUT2D eigenvalue weighted by Gasteiger charge is -2.22. The summed E-state index contributed by atoms with van der Waals surface area (Å²) in [6.07, 6.45) is 0. The van der Waals surface area contributed by atoms with E-state index in [1.807, 2.05) is 32.0 Å². The van der Waals surface area contributed by atoms with E-state index in [0.717, 1.165) is 5.75 Å². The van der Waals surface area contributed by atoms with Crippen LogP contribution in [0, 0.1) is 0 Å². The van der Waals surface area contributed by atoms with Crippen molar-refractivity contribution in [3.05, 3.63) is 29.8 Å². The normalized spacial score (nSPS) is 13.1. The standard InChI is InChI=1S/C17H27NO3/c1-12(2)18-15(16(19)20-6)11-21-14-9-7-8-13(10-14)17(3,4)5/h7-10,12,15,18H,11H2,1-6H3. The van der Waals surface area contributed by atoms with Gasteiger partial charge in [-0.15, -0.1) is 0 Å². The lowest BCUT2D eigenvalue weighted by atomic mass is 9.87. The zero-order chi connectivity index (χ0) is 16.0. The number of hydrogen-bond acceptors (Lipinski definition) is 4. The predicted octanol–water partition coefficient (Wildman–Crippen LogP) is 2.90. The Hall–Kier alpha value is -1.55. The number of rotatable bonds is 6. The minimum atomic E-state index is -0.465. The minimum absolute atomic E-state index is 0.0668. The third-order valence-electron chi connectivity index (χ3n) is 3.14. The van der Waals surface area contributed by atoms with E-state index < -0.39 is 6.04 Å².